The lowest BCUT2D eigenvalue weighted by atomic mass is 10.0. The zero-order valence-corrected chi connectivity index (χ0v) is 24.3. The van der Waals surface area contributed by atoms with Crippen LogP contribution in [-0.2, 0) is 21.4 Å². The predicted molar refractivity (Wildman–Crippen MR) is 157 cm³/mol. The quantitative estimate of drug-likeness (QED) is 0.363. The van der Waals surface area contributed by atoms with Crippen molar-refractivity contribution in [2.24, 2.45) is 0 Å². The summed E-state index contributed by atoms with van der Waals surface area (Å²) in [4.78, 5) is 30.1. The highest BCUT2D eigenvalue weighted by atomic mass is 32.2. The summed E-state index contributed by atoms with van der Waals surface area (Å²) in [5.74, 6) is -0.804. The number of nitrogens with zero attached hydrogens (tertiary/aromatic N) is 4. The van der Waals surface area contributed by atoms with Crippen LogP contribution in [0.3, 0.4) is 0 Å². The Hall–Kier alpha value is -4.27. The fourth-order valence-corrected chi connectivity index (χ4v) is 6.48. The molecule has 0 radical (unpaired) electrons. The van der Waals surface area contributed by atoms with Crippen LogP contribution in [0.15, 0.2) is 83.8 Å². The van der Waals surface area contributed by atoms with E-state index >= 15 is 0 Å². The van der Waals surface area contributed by atoms with Crippen molar-refractivity contribution in [2.75, 3.05) is 31.5 Å². The number of halogens is 1. The Kier molecular flexibility index (Phi) is 10.3. The van der Waals surface area contributed by atoms with Crippen molar-refractivity contribution in [1.29, 1.82) is 5.26 Å². The van der Waals surface area contributed by atoms with Crippen LogP contribution in [0.2, 0.25) is 0 Å². The summed E-state index contributed by atoms with van der Waals surface area (Å²) in [6.07, 6.45) is 1.47. The van der Waals surface area contributed by atoms with Gasteiger partial charge in [-0.1, -0.05) is 37.3 Å². The molecule has 1 heterocycles. The molecule has 0 aliphatic carbocycles. The third-order valence-corrected chi connectivity index (χ3v) is 9.05. The number of anilines is 1. The number of piperidine rings is 1. The van der Waals surface area contributed by atoms with Gasteiger partial charge in [0.25, 0.3) is 0 Å². The van der Waals surface area contributed by atoms with E-state index in [0.29, 0.717) is 49.2 Å². The molecule has 1 aliphatic heterocycles. The molecule has 220 valence electrons. The first kappa shape index (κ1) is 30.7. The first-order valence-corrected chi connectivity index (χ1v) is 15.3. The molecule has 11 heteroatoms. The molecule has 42 heavy (non-hydrogen) atoms. The standard InChI is InChI=1S/C31H34FN5O4S/c1-2-17-36(42(40,41)29-9-4-3-5-10-29)23-30(38)37(22-25-7-6-8-26(32)20-25)28-15-18-35(19-16-28)31(39)34-27-13-11-24(21-33)12-14-27/h3-14,20,28H,2,15-19,22-23H2,1H3,(H,34,39). The second-order valence-electron chi connectivity index (χ2n) is 10.1. The molecule has 0 aromatic heterocycles. The van der Waals surface area contributed by atoms with Gasteiger partial charge in [-0.05, 0) is 73.4 Å². The SMILES string of the molecule is CCCN(CC(=O)N(Cc1cccc(F)c1)C1CCN(C(=O)Nc2ccc(C#N)cc2)CC1)S(=O)(=O)c1ccccc1. The Morgan fingerprint density at radius 1 is 1.02 bits per heavy atom. The van der Waals surface area contributed by atoms with Crippen LogP contribution >= 0.6 is 0 Å². The van der Waals surface area contributed by atoms with E-state index in [1.165, 1.54) is 28.6 Å². The molecule has 1 aliphatic rings. The van der Waals surface area contributed by atoms with Gasteiger partial charge in [-0.25, -0.2) is 17.6 Å². The lowest BCUT2D eigenvalue weighted by Crippen LogP contribution is -2.51. The average Bonchev–Trinajstić information content (AvgIpc) is 3.00. The van der Waals surface area contributed by atoms with E-state index < -0.39 is 15.8 Å². The number of carbonyl (C=O) groups is 2. The maximum absolute atomic E-state index is 14.0. The van der Waals surface area contributed by atoms with Gasteiger partial charge < -0.3 is 15.1 Å². The number of rotatable bonds is 10. The largest absolute Gasteiger partial charge is 0.334 e. The van der Waals surface area contributed by atoms with E-state index in [0.717, 1.165) is 0 Å². The fraction of sp³-hybridized carbons (Fsp3) is 0.323. The number of carbonyl (C=O) groups excluding carboxylic acids is 2. The lowest BCUT2D eigenvalue weighted by molar-refractivity contribution is -0.135. The molecule has 0 bridgehead atoms. The summed E-state index contributed by atoms with van der Waals surface area (Å²) in [5.41, 5.74) is 1.66. The van der Waals surface area contributed by atoms with Crippen molar-refractivity contribution in [2.45, 2.75) is 43.7 Å². The minimum Gasteiger partial charge on any atom is -0.334 e. The van der Waals surface area contributed by atoms with Crippen molar-refractivity contribution in [3.8, 4) is 6.07 Å². The summed E-state index contributed by atoms with van der Waals surface area (Å²) in [7, 11) is -3.91. The van der Waals surface area contributed by atoms with Crippen LogP contribution in [0.1, 0.15) is 37.3 Å². The number of nitriles is 1. The summed E-state index contributed by atoms with van der Waals surface area (Å²) >= 11 is 0. The summed E-state index contributed by atoms with van der Waals surface area (Å²) in [5, 5.41) is 11.8. The van der Waals surface area contributed by atoms with Gasteiger partial charge in [-0.3, -0.25) is 4.79 Å². The molecular formula is C31H34FN5O4S. The molecule has 3 aromatic rings. The van der Waals surface area contributed by atoms with Gasteiger partial charge in [0.1, 0.15) is 5.82 Å². The third-order valence-electron chi connectivity index (χ3n) is 7.19. The minimum atomic E-state index is -3.91. The number of nitrogens with one attached hydrogen (secondary N) is 1. The molecular weight excluding hydrogens is 557 g/mol. The molecule has 0 saturated carbocycles. The summed E-state index contributed by atoms with van der Waals surface area (Å²) in [6, 6.07) is 22.1. The predicted octanol–water partition coefficient (Wildman–Crippen LogP) is 4.82. The second-order valence-corrected chi connectivity index (χ2v) is 12.1. The number of sulfonamides is 1. The highest BCUT2D eigenvalue weighted by molar-refractivity contribution is 7.89. The Morgan fingerprint density at radius 3 is 2.33 bits per heavy atom. The maximum Gasteiger partial charge on any atom is 0.321 e. The molecule has 1 fully saturated rings. The topological polar surface area (TPSA) is 114 Å². The average molecular weight is 592 g/mol. The zero-order chi connectivity index (χ0) is 30.1. The normalized spacial score (nSPS) is 13.9. The van der Waals surface area contributed by atoms with Crippen LogP contribution in [-0.4, -0.2) is 66.7 Å². The first-order valence-electron chi connectivity index (χ1n) is 13.9. The highest BCUT2D eigenvalue weighted by Crippen LogP contribution is 2.23. The van der Waals surface area contributed by atoms with Gasteiger partial charge in [0.15, 0.2) is 0 Å². The fourth-order valence-electron chi connectivity index (χ4n) is 4.98. The lowest BCUT2D eigenvalue weighted by Gasteiger charge is -2.39. The van der Waals surface area contributed by atoms with Crippen LogP contribution in [0.5, 0.6) is 0 Å². The van der Waals surface area contributed by atoms with Gasteiger partial charge in [-0.15, -0.1) is 0 Å². The van der Waals surface area contributed by atoms with E-state index in [9.17, 15) is 22.4 Å². The van der Waals surface area contributed by atoms with Gasteiger partial charge in [0, 0.05) is 37.9 Å². The monoisotopic (exact) mass is 591 g/mol. The van der Waals surface area contributed by atoms with Crippen LogP contribution in [0.25, 0.3) is 0 Å². The van der Waals surface area contributed by atoms with E-state index in [2.05, 4.69) is 5.32 Å². The first-order chi connectivity index (χ1) is 20.2. The number of amides is 3. The van der Waals surface area contributed by atoms with Crippen LogP contribution in [0, 0.1) is 17.1 Å². The maximum atomic E-state index is 14.0. The van der Waals surface area contributed by atoms with Crippen LogP contribution in [0.4, 0.5) is 14.9 Å². The highest BCUT2D eigenvalue weighted by Gasteiger charge is 2.33. The zero-order valence-electron chi connectivity index (χ0n) is 23.4. The van der Waals surface area contributed by atoms with E-state index in [4.69, 9.17) is 5.26 Å². The molecule has 3 amide bonds. The molecule has 3 aromatic carbocycles. The molecule has 0 spiro atoms. The van der Waals surface area contributed by atoms with E-state index in [-0.39, 0.29) is 42.5 Å². The van der Waals surface area contributed by atoms with Gasteiger partial charge >= 0.3 is 6.03 Å². The van der Waals surface area contributed by atoms with E-state index in [1.54, 1.807) is 64.4 Å². The smallest absolute Gasteiger partial charge is 0.321 e. The van der Waals surface area contributed by atoms with Crippen LogP contribution < -0.4 is 5.32 Å². The Labute approximate surface area is 246 Å². The molecule has 1 N–H and O–H groups in total. The molecule has 9 nitrogen and oxygen atoms in total. The van der Waals surface area contributed by atoms with Crippen molar-refractivity contribution < 1.29 is 22.4 Å². The molecule has 1 saturated heterocycles. The van der Waals surface area contributed by atoms with Gasteiger partial charge in [0.2, 0.25) is 15.9 Å². The number of likely N-dealkylation sites (tertiary alicyclic amines) is 1. The van der Waals surface area contributed by atoms with Crippen molar-refractivity contribution in [1.82, 2.24) is 14.1 Å². The van der Waals surface area contributed by atoms with Crippen molar-refractivity contribution in [3.05, 3.63) is 95.8 Å². The number of benzene rings is 3. The number of urea groups is 1. The molecule has 0 atom stereocenters. The number of hydrogen-bond acceptors (Lipinski definition) is 5. The van der Waals surface area contributed by atoms with Crippen molar-refractivity contribution >= 4 is 27.6 Å². The minimum absolute atomic E-state index is 0.115. The molecule has 0 unspecified atom stereocenters. The van der Waals surface area contributed by atoms with Gasteiger partial charge in [-0.2, -0.15) is 9.57 Å². The third kappa shape index (κ3) is 7.72. The van der Waals surface area contributed by atoms with E-state index in [1.807, 2.05) is 13.0 Å². The second kappa shape index (κ2) is 14.1. The number of hydrogen-bond donors (Lipinski definition) is 1. The summed E-state index contributed by atoms with van der Waals surface area (Å²) in [6.45, 7) is 2.54. The van der Waals surface area contributed by atoms with Crippen molar-refractivity contribution in [3.63, 3.8) is 0 Å². The Balaban J connectivity index is 1.49. The molecule has 4 rings (SSSR count). The Bertz CT molecular complexity index is 1520. The summed E-state index contributed by atoms with van der Waals surface area (Å²) < 4.78 is 42.0. The Morgan fingerprint density at radius 2 is 1.71 bits per heavy atom. The van der Waals surface area contributed by atoms with Gasteiger partial charge in [0.05, 0.1) is 23.1 Å².